The fraction of sp³-hybridized carbons (Fsp3) is 0.286. The largest absolute Gasteiger partial charge is 0.507 e. The second-order valence-electron chi connectivity index (χ2n) is 4.28. The van der Waals surface area contributed by atoms with Crippen molar-refractivity contribution in [3.05, 3.63) is 36.4 Å². The van der Waals surface area contributed by atoms with Gasteiger partial charge in [-0.2, -0.15) is 0 Å². The van der Waals surface area contributed by atoms with Crippen molar-refractivity contribution in [3.8, 4) is 5.75 Å². The van der Waals surface area contributed by atoms with Crippen LogP contribution >= 0.6 is 0 Å². The summed E-state index contributed by atoms with van der Waals surface area (Å²) in [5, 5.41) is 15.5. The maximum atomic E-state index is 9.88. The summed E-state index contributed by atoms with van der Waals surface area (Å²) in [6.45, 7) is 2.22. The quantitative estimate of drug-likeness (QED) is 0.756. The summed E-state index contributed by atoms with van der Waals surface area (Å²) >= 11 is 0. The Balaban J connectivity index is 2.12. The normalized spacial score (nSPS) is 17.4. The third-order valence-corrected chi connectivity index (χ3v) is 5.59. The number of hydrogen-bond donors (Lipinski definition) is 2. The van der Waals surface area contributed by atoms with Crippen LogP contribution in [-0.2, 0) is 10.9 Å². The first kappa shape index (κ1) is 10.9. The van der Waals surface area contributed by atoms with E-state index in [2.05, 4.69) is 23.5 Å². The molecule has 17 heavy (non-hydrogen) atoms. The van der Waals surface area contributed by atoms with Crippen LogP contribution in [0.5, 0.6) is 5.75 Å². The first-order chi connectivity index (χ1) is 8.36. The summed E-state index contributed by atoms with van der Waals surface area (Å²) in [6.07, 6.45) is 0. The average Bonchev–Trinajstić information content (AvgIpc) is 2.41. The van der Waals surface area contributed by atoms with Crippen molar-refractivity contribution in [1.29, 1.82) is 0 Å². The highest BCUT2D eigenvalue weighted by molar-refractivity contribution is 7.97. The Labute approximate surface area is 104 Å². The highest BCUT2D eigenvalue weighted by Crippen LogP contribution is 2.31. The predicted octanol–water partition coefficient (Wildman–Crippen LogP) is 2.13. The van der Waals surface area contributed by atoms with E-state index in [-0.39, 0.29) is 0 Å². The van der Waals surface area contributed by atoms with E-state index in [1.54, 1.807) is 0 Å². The molecule has 88 valence electrons. The van der Waals surface area contributed by atoms with Gasteiger partial charge in [-0.3, -0.25) is 0 Å². The molecular weight excluding hydrogens is 230 g/mol. The maximum absolute atomic E-state index is 9.88. The number of nitrogens with one attached hydrogen (secondary N) is 1. The van der Waals surface area contributed by atoms with E-state index < -0.39 is 0 Å². The monoisotopic (exact) mass is 246 g/mol. The molecule has 1 fully saturated rings. The molecule has 0 atom stereocenters. The van der Waals surface area contributed by atoms with Gasteiger partial charge >= 0.3 is 0 Å². The lowest BCUT2D eigenvalue weighted by molar-refractivity contribution is 0.481. The number of aromatic hydroxyl groups is 1. The van der Waals surface area contributed by atoms with E-state index in [1.165, 1.54) is 21.8 Å². The Morgan fingerprint density at radius 1 is 0.941 bits per heavy atom. The third kappa shape index (κ3) is 2.01. The van der Waals surface area contributed by atoms with E-state index in [0.717, 1.165) is 18.5 Å². The minimum Gasteiger partial charge on any atom is -0.507 e. The zero-order valence-electron chi connectivity index (χ0n) is 9.65. The van der Waals surface area contributed by atoms with E-state index in [9.17, 15) is 5.11 Å². The Hall–Kier alpha value is -1.19. The van der Waals surface area contributed by atoms with Crippen molar-refractivity contribution >= 4 is 21.7 Å². The number of rotatable bonds is 1. The Bertz CT molecular complexity index is 535. The van der Waals surface area contributed by atoms with E-state index in [1.807, 2.05) is 18.2 Å². The SMILES string of the molecule is Oc1ccc([S+]2CCNCC2)c2ccccc12. The van der Waals surface area contributed by atoms with Crippen LogP contribution in [0.3, 0.4) is 0 Å². The van der Waals surface area contributed by atoms with Gasteiger partial charge in [0.25, 0.3) is 0 Å². The van der Waals surface area contributed by atoms with Crippen molar-refractivity contribution in [3.63, 3.8) is 0 Å². The van der Waals surface area contributed by atoms with Crippen LogP contribution in [0, 0.1) is 0 Å². The molecule has 2 nitrogen and oxygen atoms in total. The van der Waals surface area contributed by atoms with Crippen molar-refractivity contribution in [2.75, 3.05) is 24.6 Å². The van der Waals surface area contributed by atoms with Crippen LogP contribution in [0.4, 0.5) is 0 Å². The molecule has 0 bridgehead atoms. The second-order valence-corrected chi connectivity index (χ2v) is 6.52. The number of phenols is 1. The van der Waals surface area contributed by atoms with Crippen LogP contribution in [0.25, 0.3) is 10.8 Å². The van der Waals surface area contributed by atoms with Crippen LogP contribution < -0.4 is 5.32 Å². The van der Waals surface area contributed by atoms with Gasteiger partial charge in [0.15, 0.2) is 4.90 Å². The topological polar surface area (TPSA) is 32.3 Å². The molecule has 2 aromatic rings. The number of phenolic OH excluding ortho intramolecular Hbond substituents is 1. The van der Waals surface area contributed by atoms with Gasteiger partial charge in [0, 0.05) is 34.8 Å². The van der Waals surface area contributed by atoms with Gasteiger partial charge in [0.05, 0.1) is 0 Å². The molecule has 1 aliphatic heterocycles. The molecule has 0 unspecified atom stereocenters. The minimum atomic E-state index is 0.336. The smallest absolute Gasteiger partial charge is 0.163 e. The first-order valence-electron chi connectivity index (χ1n) is 5.95. The Kier molecular flexibility index (Phi) is 2.95. The van der Waals surface area contributed by atoms with Crippen molar-refractivity contribution in [2.24, 2.45) is 0 Å². The second kappa shape index (κ2) is 4.59. The third-order valence-electron chi connectivity index (χ3n) is 3.22. The molecule has 2 N–H and O–H groups in total. The molecule has 1 heterocycles. The summed E-state index contributed by atoms with van der Waals surface area (Å²) in [6, 6.07) is 12.1. The number of hydrogen-bond acceptors (Lipinski definition) is 2. The number of benzene rings is 2. The molecule has 0 radical (unpaired) electrons. The molecule has 0 saturated carbocycles. The molecule has 0 aromatic heterocycles. The zero-order valence-corrected chi connectivity index (χ0v) is 10.5. The molecule has 1 saturated heterocycles. The molecule has 0 spiro atoms. The molecule has 0 amide bonds. The summed E-state index contributed by atoms with van der Waals surface area (Å²) in [5.74, 6) is 2.83. The van der Waals surface area contributed by atoms with Crippen molar-refractivity contribution in [1.82, 2.24) is 5.32 Å². The van der Waals surface area contributed by atoms with Crippen LogP contribution in [0.2, 0.25) is 0 Å². The van der Waals surface area contributed by atoms with Crippen LogP contribution in [0.15, 0.2) is 41.3 Å². The highest BCUT2D eigenvalue weighted by Gasteiger charge is 2.26. The lowest BCUT2D eigenvalue weighted by Crippen LogP contribution is -2.36. The van der Waals surface area contributed by atoms with Crippen LogP contribution in [0.1, 0.15) is 0 Å². The molecule has 1 aliphatic rings. The van der Waals surface area contributed by atoms with Crippen LogP contribution in [-0.4, -0.2) is 29.7 Å². The standard InChI is InChI=1S/C14H15NOS/c16-13-5-6-14(17-9-7-15-8-10-17)12-4-2-1-3-11(12)13/h1-6,15H,7-10H2/p+1. The zero-order chi connectivity index (χ0) is 11.7. The Morgan fingerprint density at radius 3 is 2.41 bits per heavy atom. The number of fused-ring (bicyclic) bond motifs is 1. The maximum Gasteiger partial charge on any atom is 0.163 e. The van der Waals surface area contributed by atoms with Gasteiger partial charge in [-0.05, 0) is 18.2 Å². The van der Waals surface area contributed by atoms with Gasteiger partial charge in [0.2, 0.25) is 0 Å². The fourth-order valence-electron chi connectivity index (χ4n) is 2.34. The van der Waals surface area contributed by atoms with Gasteiger partial charge in [-0.25, -0.2) is 0 Å². The van der Waals surface area contributed by atoms with Gasteiger partial charge < -0.3 is 10.4 Å². The predicted molar refractivity (Wildman–Crippen MR) is 73.8 cm³/mol. The molecular formula is C14H16NOS+. The van der Waals surface area contributed by atoms with Gasteiger partial charge in [-0.15, -0.1) is 0 Å². The molecule has 0 aliphatic carbocycles. The summed E-state index contributed by atoms with van der Waals surface area (Å²) in [4.78, 5) is 1.42. The average molecular weight is 246 g/mol. The van der Waals surface area contributed by atoms with E-state index >= 15 is 0 Å². The van der Waals surface area contributed by atoms with Crippen molar-refractivity contribution in [2.45, 2.75) is 4.90 Å². The van der Waals surface area contributed by atoms with Crippen molar-refractivity contribution < 1.29 is 5.11 Å². The van der Waals surface area contributed by atoms with E-state index in [4.69, 9.17) is 0 Å². The fourth-order valence-corrected chi connectivity index (χ4v) is 4.52. The minimum absolute atomic E-state index is 0.336. The Morgan fingerprint density at radius 2 is 1.65 bits per heavy atom. The van der Waals surface area contributed by atoms with E-state index in [0.29, 0.717) is 16.6 Å². The van der Waals surface area contributed by atoms with Gasteiger partial charge in [0.1, 0.15) is 17.3 Å². The molecule has 3 heteroatoms. The lowest BCUT2D eigenvalue weighted by atomic mass is 10.1. The summed E-state index contributed by atoms with van der Waals surface area (Å²) in [5.41, 5.74) is 0. The first-order valence-corrected chi connectivity index (χ1v) is 7.51. The van der Waals surface area contributed by atoms with Gasteiger partial charge in [-0.1, -0.05) is 18.2 Å². The summed E-state index contributed by atoms with van der Waals surface area (Å²) in [7, 11) is 0.336. The highest BCUT2D eigenvalue weighted by atomic mass is 32.2. The molecule has 2 aromatic carbocycles. The lowest BCUT2D eigenvalue weighted by Gasteiger charge is -2.16. The molecule has 3 rings (SSSR count). The summed E-state index contributed by atoms with van der Waals surface area (Å²) < 4.78 is 0.